The third kappa shape index (κ3) is 2.31. The highest BCUT2D eigenvalue weighted by Crippen LogP contribution is 2.22. The molecule has 17 heavy (non-hydrogen) atoms. The maximum atomic E-state index is 13.4. The van der Waals surface area contributed by atoms with E-state index < -0.39 is 5.82 Å². The van der Waals surface area contributed by atoms with Gasteiger partial charge in [-0.15, -0.1) is 0 Å². The number of halogens is 1. The van der Waals surface area contributed by atoms with Gasteiger partial charge in [0.1, 0.15) is 0 Å². The molecule has 0 spiro atoms. The summed E-state index contributed by atoms with van der Waals surface area (Å²) in [5, 5.41) is 3.76. The number of hydrogen-bond acceptors (Lipinski definition) is 5. The van der Waals surface area contributed by atoms with Crippen LogP contribution >= 0.6 is 0 Å². The van der Waals surface area contributed by atoms with Gasteiger partial charge in [0.15, 0.2) is 11.6 Å². The number of pyridine rings is 1. The molecule has 2 aromatic heterocycles. The molecular formula is C11H13FN4O. The Morgan fingerprint density at radius 3 is 2.82 bits per heavy atom. The molecule has 0 radical (unpaired) electrons. The average molecular weight is 236 g/mol. The Morgan fingerprint density at radius 1 is 1.41 bits per heavy atom. The van der Waals surface area contributed by atoms with Gasteiger partial charge in [0.05, 0.1) is 17.8 Å². The van der Waals surface area contributed by atoms with Crippen LogP contribution in [-0.2, 0) is 0 Å². The van der Waals surface area contributed by atoms with Crippen molar-refractivity contribution in [2.45, 2.75) is 19.9 Å². The van der Waals surface area contributed by atoms with Crippen LogP contribution in [-0.4, -0.2) is 15.1 Å². The minimum atomic E-state index is -0.499. The van der Waals surface area contributed by atoms with Crippen molar-refractivity contribution in [1.82, 2.24) is 15.1 Å². The van der Waals surface area contributed by atoms with E-state index in [1.165, 1.54) is 12.3 Å². The lowest BCUT2D eigenvalue weighted by Gasteiger charge is -2.09. The van der Waals surface area contributed by atoms with Crippen molar-refractivity contribution in [2.75, 3.05) is 0 Å². The smallest absolute Gasteiger partial charge is 0.261 e. The Hall–Kier alpha value is -1.82. The SMILES string of the molecule is CC(C)C(N)c1noc(-c2ccncc2F)n1. The van der Waals surface area contributed by atoms with Gasteiger partial charge in [0.2, 0.25) is 0 Å². The molecule has 2 rings (SSSR count). The molecular weight excluding hydrogens is 223 g/mol. The summed E-state index contributed by atoms with van der Waals surface area (Å²) in [6.07, 6.45) is 2.56. The molecule has 2 heterocycles. The Morgan fingerprint density at radius 2 is 2.18 bits per heavy atom. The fourth-order valence-electron chi connectivity index (χ4n) is 1.33. The van der Waals surface area contributed by atoms with Gasteiger partial charge >= 0.3 is 0 Å². The number of rotatable bonds is 3. The van der Waals surface area contributed by atoms with Crippen LogP contribution in [0.3, 0.4) is 0 Å². The predicted octanol–water partition coefficient (Wildman–Crippen LogP) is 1.93. The first-order valence-electron chi connectivity index (χ1n) is 5.28. The van der Waals surface area contributed by atoms with Gasteiger partial charge in [-0.3, -0.25) is 4.98 Å². The van der Waals surface area contributed by atoms with Crippen molar-refractivity contribution >= 4 is 0 Å². The first kappa shape index (κ1) is 11.7. The first-order valence-corrected chi connectivity index (χ1v) is 5.28. The zero-order valence-electron chi connectivity index (χ0n) is 9.59. The molecule has 0 fully saturated rings. The lowest BCUT2D eigenvalue weighted by molar-refractivity contribution is 0.398. The molecule has 0 aliphatic carbocycles. The Bertz CT molecular complexity index is 512. The Labute approximate surface area is 97.9 Å². The molecule has 2 N–H and O–H groups in total. The minimum absolute atomic E-state index is 0.121. The van der Waals surface area contributed by atoms with Gasteiger partial charge in [-0.1, -0.05) is 19.0 Å². The van der Waals surface area contributed by atoms with Crippen LogP contribution in [0.1, 0.15) is 25.7 Å². The minimum Gasteiger partial charge on any atom is -0.334 e. The van der Waals surface area contributed by atoms with E-state index in [0.29, 0.717) is 5.82 Å². The van der Waals surface area contributed by atoms with Crippen molar-refractivity contribution in [1.29, 1.82) is 0 Å². The van der Waals surface area contributed by atoms with Crippen molar-refractivity contribution < 1.29 is 8.91 Å². The summed E-state index contributed by atoms with van der Waals surface area (Å²) in [7, 11) is 0. The largest absolute Gasteiger partial charge is 0.334 e. The highest BCUT2D eigenvalue weighted by atomic mass is 19.1. The van der Waals surface area contributed by atoms with Gasteiger partial charge in [0.25, 0.3) is 5.89 Å². The summed E-state index contributed by atoms with van der Waals surface area (Å²) in [4.78, 5) is 7.74. The van der Waals surface area contributed by atoms with Gasteiger partial charge in [0, 0.05) is 6.20 Å². The third-order valence-electron chi connectivity index (χ3n) is 2.46. The molecule has 0 aromatic carbocycles. The lowest BCUT2D eigenvalue weighted by Crippen LogP contribution is -2.18. The third-order valence-corrected chi connectivity index (χ3v) is 2.46. The quantitative estimate of drug-likeness (QED) is 0.880. The Balaban J connectivity index is 2.34. The molecule has 0 saturated carbocycles. The number of aromatic nitrogens is 3. The molecule has 0 saturated heterocycles. The second kappa shape index (κ2) is 4.58. The van der Waals surface area contributed by atoms with Crippen LogP contribution in [0.5, 0.6) is 0 Å². The highest BCUT2D eigenvalue weighted by molar-refractivity contribution is 5.52. The number of nitrogens with two attached hydrogens (primary N) is 1. The highest BCUT2D eigenvalue weighted by Gasteiger charge is 2.19. The summed E-state index contributed by atoms with van der Waals surface area (Å²) < 4.78 is 18.4. The summed E-state index contributed by atoms with van der Waals surface area (Å²) >= 11 is 0. The summed E-state index contributed by atoms with van der Waals surface area (Å²) in [5.41, 5.74) is 6.11. The van der Waals surface area contributed by atoms with E-state index in [-0.39, 0.29) is 23.4 Å². The molecule has 0 aliphatic rings. The fraction of sp³-hybridized carbons (Fsp3) is 0.364. The van der Waals surface area contributed by atoms with E-state index in [1.54, 1.807) is 0 Å². The summed E-state index contributed by atoms with van der Waals surface area (Å²) in [6.45, 7) is 3.90. The van der Waals surface area contributed by atoms with E-state index in [9.17, 15) is 4.39 Å². The zero-order chi connectivity index (χ0) is 12.4. The first-order chi connectivity index (χ1) is 8.09. The topological polar surface area (TPSA) is 77.8 Å². The molecule has 1 atom stereocenters. The molecule has 0 aliphatic heterocycles. The van der Waals surface area contributed by atoms with Crippen LogP contribution in [0.25, 0.3) is 11.5 Å². The van der Waals surface area contributed by atoms with Crippen LogP contribution in [0, 0.1) is 11.7 Å². The average Bonchev–Trinajstić information content (AvgIpc) is 2.77. The summed E-state index contributed by atoms with van der Waals surface area (Å²) in [6, 6.07) is 1.16. The van der Waals surface area contributed by atoms with E-state index in [0.717, 1.165) is 6.20 Å². The Kier molecular flexibility index (Phi) is 3.14. The van der Waals surface area contributed by atoms with Crippen LogP contribution in [0.15, 0.2) is 23.0 Å². The van der Waals surface area contributed by atoms with E-state index >= 15 is 0 Å². The fourth-order valence-corrected chi connectivity index (χ4v) is 1.33. The maximum absolute atomic E-state index is 13.4. The second-order valence-corrected chi connectivity index (χ2v) is 4.08. The maximum Gasteiger partial charge on any atom is 0.261 e. The second-order valence-electron chi connectivity index (χ2n) is 4.08. The van der Waals surface area contributed by atoms with E-state index in [1.807, 2.05) is 13.8 Å². The van der Waals surface area contributed by atoms with Gasteiger partial charge in [-0.05, 0) is 12.0 Å². The van der Waals surface area contributed by atoms with Crippen molar-refractivity contribution in [2.24, 2.45) is 11.7 Å². The molecule has 0 amide bonds. The predicted molar refractivity (Wildman–Crippen MR) is 59.3 cm³/mol. The van der Waals surface area contributed by atoms with Crippen molar-refractivity contribution in [3.05, 3.63) is 30.1 Å². The van der Waals surface area contributed by atoms with Crippen LogP contribution in [0.4, 0.5) is 4.39 Å². The van der Waals surface area contributed by atoms with E-state index in [4.69, 9.17) is 10.3 Å². The molecule has 5 nitrogen and oxygen atoms in total. The molecule has 90 valence electrons. The van der Waals surface area contributed by atoms with Gasteiger partial charge in [-0.2, -0.15) is 4.98 Å². The van der Waals surface area contributed by atoms with Crippen molar-refractivity contribution in [3.63, 3.8) is 0 Å². The van der Waals surface area contributed by atoms with Crippen LogP contribution < -0.4 is 5.73 Å². The number of hydrogen-bond donors (Lipinski definition) is 1. The normalized spacial score (nSPS) is 13.0. The standard InChI is InChI=1S/C11H13FN4O/c1-6(2)9(13)10-15-11(17-16-10)7-3-4-14-5-8(7)12/h3-6,9H,13H2,1-2H3. The summed E-state index contributed by atoms with van der Waals surface area (Å²) in [5.74, 6) is 0.186. The molecule has 6 heteroatoms. The zero-order valence-corrected chi connectivity index (χ0v) is 9.59. The monoisotopic (exact) mass is 236 g/mol. The van der Waals surface area contributed by atoms with Crippen molar-refractivity contribution in [3.8, 4) is 11.5 Å². The number of nitrogens with zero attached hydrogens (tertiary/aromatic N) is 3. The van der Waals surface area contributed by atoms with Gasteiger partial charge in [-0.25, -0.2) is 4.39 Å². The van der Waals surface area contributed by atoms with E-state index in [2.05, 4.69) is 15.1 Å². The van der Waals surface area contributed by atoms with Gasteiger partial charge < -0.3 is 10.3 Å². The molecule has 2 aromatic rings. The lowest BCUT2D eigenvalue weighted by atomic mass is 10.1. The molecule has 1 unspecified atom stereocenters. The van der Waals surface area contributed by atoms with Crippen LogP contribution in [0.2, 0.25) is 0 Å². The molecule has 0 bridgehead atoms.